The summed E-state index contributed by atoms with van der Waals surface area (Å²) < 4.78 is 0. The summed E-state index contributed by atoms with van der Waals surface area (Å²) in [6, 6.07) is 10.2. The normalized spacial score (nSPS) is 8.50. The minimum atomic E-state index is 1.20. The summed E-state index contributed by atoms with van der Waals surface area (Å²) in [5.41, 5.74) is 0. The third kappa shape index (κ3) is 1.62. The fourth-order valence-corrected chi connectivity index (χ4v) is 1.03. The second-order valence-corrected chi connectivity index (χ2v) is 2.22. The van der Waals surface area contributed by atoms with Gasteiger partial charge in [0.1, 0.15) is 0 Å². The lowest BCUT2D eigenvalue weighted by Gasteiger charge is -1.91. The number of benzene rings is 1. The van der Waals surface area contributed by atoms with Gasteiger partial charge >= 0.3 is 0 Å². The van der Waals surface area contributed by atoms with Crippen LogP contribution in [0.1, 0.15) is 0 Å². The van der Waals surface area contributed by atoms with Crippen LogP contribution in [0.2, 0.25) is 0 Å². The molecule has 0 spiro atoms. The van der Waals surface area contributed by atoms with Crippen molar-refractivity contribution in [1.82, 2.24) is 4.98 Å². The van der Waals surface area contributed by atoms with Gasteiger partial charge in [-0.25, -0.2) is 0 Å². The van der Waals surface area contributed by atoms with Crippen molar-refractivity contribution in [2.45, 2.75) is 0 Å². The molecule has 0 N–H and O–H groups in total. The summed E-state index contributed by atoms with van der Waals surface area (Å²) in [6.07, 6.45) is 11.7. The molecule has 0 aliphatic rings. The maximum absolute atomic E-state index is 4.01. The number of rotatable bonds is 0. The van der Waals surface area contributed by atoms with E-state index in [1.165, 1.54) is 10.8 Å². The maximum Gasteiger partial charge on any atom is 0.0346 e. The fraction of sp³-hybridized carbons (Fsp3) is 0. The number of hydrogen-bond donors (Lipinski definition) is 0. The lowest BCUT2D eigenvalue weighted by Crippen LogP contribution is -1.71. The smallest absolute Gasteiger partial charge is 0.0346 e. The van der Waals surface area contributed by atoms with Crippen LogP contribution in [0.15, 0.2) is 42.7 Å². The van der Waals surface area contributed by atoms with E-state index < -0.39 is 0 Å². The summed E-state index contributed by atoms with van der Waals surface area (Å²) in [7, 11) is 0. The van der Waals surface area contributed by atoms with Crippen molar-refractivity contribution < 1.29 is 0 Å². The van der Waals surface area contributed by atoms with Gasteiger partial charge in [-0.05, 0) is 16.8 Å². The van der Waals surface area contributed by atoms with Gasteiger partial charge in [-0.2, -0.15) is 0 Å². The van der Waals surface area contributed by atoms with E-state index in [-0.39, 0.29) is 0 Å². The molecule has 0 saturated carbocycles. The zero-order chi connectivity index (χ0) is 8.81. The molecule has 0 unspecified atom stereocenters. The third-order valence-corrected chi connectivity index (χ3v) is 1.55. The van der Waals surface area contributed by atoms with E-state index in [9.17, 15) is 0 Å². The second kappa shape index (κ2) is 4.15. The van der Waals surface area contributed by atoms with E-state index in [0.717, 1.165) is 0 Å². The Morgan fingerprint density at radius 2 is 1.58 bits per heavy atom. The second-order valence-electron chi connectivity index (χ2n) is 2.22. The molecular weight excluding hydrogens is 146 g/mol. The Morgan fingerprint density at radius 1 is 0.917 bits per heavy atom. The molecule has 0 bridgehead atoms. The molecular formula is C11H9N. The largest absolute Gasteiger partial charge is 0.264 e. The summed E-state index contributed by atoms with van der Waals surface area (Å²) in [5, 5.41) is 2.45. The van der Waals surface area contributed by atoms with Crippen molar-refractivity contribution in [1.29, 1.82) is 0 Å². The molecule has 0 radical (unpaired) electrons. The highest BCUT2D eigenvalue weighted by Crippen LogP contribution is 2.09. The van der Waals surface area contributed by atoms with Crippen LogP contribution in [0, 0.1) is 12.8 Å². The third-order valence-electron chi connectivity index (χ3n) is 1.55. The van der Waals surface area contributed by atoms with Gasteiger partial charge in [-0.3, -0.25) is 4.98 Å². The first kappa shape index (κ1) is 8.29. The molecule has 58 valence electrons. The highest BCUT2D eigenvalue weighted by atomic mass is 14.6. The Labute approximate surface area is 72.1 Å². The van der Waals surface area contributed by atoms with Crippen LogP contribution in [0.25, 0.3) is 10.8 Å². The quantitative estimate of drug-likeness (QED) is 0.532. The van der Waals surface area contributed by atoms with Gasteiger partial charge in [0.25, 0.3) is 0 Å². The predicted octanol–water partition coefficient (Wildman–Crippen LogP) is 2.48. The standard InChI is InChI=1S/C9H7N.C2H2/c1-2-4-9-7-10-6-5-8(9)3-1;1-2/h1-7H;1-2H. The molecule has 1 heterocycles. The van der Waals surface area contributed by atoms with Crippen molar-refractivity contribution in [3.63, 3.8) is 0 Å². The van der Waals surface area contributed by atoms with Crippen molar-refractivity contribution in [2.24, 2.45) is 0 Å². The van der Waals surface area contributed by atoms with Gasteiger partial charge in [-0.15, -0.1) is 12.8 Å². The van der Waals surface area contributed by atoms with Crippen LogP contribution in [-0.2, 0) is 0 Å². The van der Waals surface area contributed by atoms with Crippen LogP contribution in [0.3, 0.4) is 0 Å². The molecule has 2 aromatic rings. The predicted molar refractivity (Wildman–Crippen MR) is 51.6 cm³/mol. The van der Waals surface area contributed by atoms with Crippen LogP contribution < -0.4 is 0 Å². The fourth-order valence-electron chi connectivity index (χ4n) is 1.03. The number of fused-ring (bicyclic) bond motifs is 1. The first-order chi connectivity index (χ1) is 5.97. The van der Waals surface area contributed by atoms with Gasteiger partial charge in [-0.1, -0.05) is 24.3 Å². The van der Waals surface area contributed by atoms with Crippen molar-refractivity contribution in [3.05, 3.63) is 42.7 Å². The zero-order valence-corrected chi connectivity index (χ0v) is 6.64. The summed E-state index contributed by atoms with van der Waals surface area (Å²) in [5.74, 6) is 0. The molecule has 1 heteroatoms. The van der Waals surface area contributed by atoms with Crippen LogP contribution in [0.4, 0.5) is 0 Å². The SMILES string of the molecule is C#C.c1ccc2cnccc2c1. The number of nitrogens with zero attached hydrogens (tertiary/aromatic N) is 1. The van der Waals surface area contributed by atoms with Crippen molar-refractivity contribution in [2.75, 3.05) is 0 Å². The van der Waals surface area contributed by atoms with E-state index >= 15 is 0 Å². The molecule has 0 saturated heterocycles. The molecule has 0 aliphatic heterocycles. The van der Waals surface area contributed by atoms with Gasteiger partial charge < -0.3 is 0 Å². The van der Waals surface area contributed by atoms with Crippen LogP contribution >= 0.6 is 0 Å². The highest BCUT2D eigenvalue weighted by molar-refractivity contribution is 5.80. The Bertz CT molecular complexity index is 311. The van der Waals surface area contributed by atoms with Gasteiger partial charge in [0.2, 0.25) is 0 Å². The Kier molecular flexibility index (Phi) is 2.87. The van der Waals surface area contributed by atoms with Gasteiger partial charge in [0.05, 0.1) is 0 Å². The Morgan fingerprint density at radius 3 is 2.25 bits per heavy atom. The van der Waals surface area contributed by atoms with Crippen LogP contribution in [0.5, 0.6) is 0 Å². The highest BCUT2D eigenvalue weighted by Gasteiger charge is 1.86. The molecule has 0 atom stereocenters. The minimum Gasteiger partial charge on any atom is -0.264 e. The average molecular weight is 155 g/mol. The topological polar surface area (TPSA) is 12.9 Å². The molecule has 1 aromatic heterocycles. The molecule has 12 heavy (non-hydrogen) atoms. The molecule has 0 fully saturated rings. The van der Waals surface area contributed by atoms with Gasteiger partial charge in [0, 0.05) is 12.4 Å². The molecule has 1 nitrogen and oxygen atoms in total. The number of terminal acetylenes is 1. The Balaban J connectivity index is 0.000000336. The molecule has 2 rings (SSSR count). The summed E-state index contributed by atoms with van der Waals surface area (Å²) in [6.45, 7) is 0. The molecule has 0 aliphatic carbocycles. The first-order valence-electron chi connectivity index (χ1n) is 3.59. The monoisotopic (exact) mass is 155 g/mol. The number of pyridine rings is 1. The zero-order valence-electron chi connectivity index (χ0n) is 6.64. The van der Waals surface area contributed by atoms with Crippen LogP contribution in [-0.4, -0.2) is 4.98 Å². The maximum atomic E-state index is 4.01. The number of hydrogen-bond acceptors (Lipinski definition) is 1. The van der Waals surface area contributed by atoms with Crippen molar-refractivity contribution >= 4 is 10.8 Å². The van der Waals surface area contributed by atoms with E-state index in [0.29, 0.717) is 0 Å². The average Bonchev–Trinajstić information content (AvgIpc) is 2.21. The Hall–Kier alpha value is -1.81. The molecule has 0 amide bonds. The summed E-state index contributed by atoms with van der Waals surface area (Å²) in [4.78, 5) is 4.01. The van der Waals surface area contributed by atoms with Crippen molar-refractivity contribution in [3.8, 4) is 12.8 Å². The number of aromatic nitrogens is 1. The first-order valence-corrected chi connectivity index (χ1v) is 3.59. The van der Waals surface area contributed by atoms with E-state index in [1.807, 2.05) is 30.6 Å². The lowest BCUT2D eigenvalue weighted by molar-refractivity contribution is 1.36. The van der Waals surface area contributed by atoms with E-state index in [1.54, 1.807) is 0 Å². The minimum absolute atomic E-state index is 1.20. The van der Waals surface area contributed by atoms with E-state index in [4.69, 9.17) is 0 Å². The molecule has 1 aromatic carbocycles. The van der Waals surface area contributed by atoms with E-state index in [2.05, 4.69) is 30.0 Å². The summed E-state index contributed by atoms with van der Waals surface area (Å²) >= 11 is 0. The van der Waals surface area contributed by atoms with Gasteiger partial charge in [0.15, 0.2) is 0 Å². The lowest BCUT2D eigenvalue weighted by atomic mass is 10.2.